The van der Waals surface area contributed by atoms with Crippen molar-refractivity contribution in [1.29, 1.82) is 0 Å². The van der Waals surface area contributed by atoms with Crippen LogP contribution < -0.4 is 19.5 Å². The summed E-state index contributed by atoms with van der Waals surface area (Å²) in [5.74, 6) is 1.40. The van der Waals surface area contributed by atoms with E-state index in [1.54, 1.807) is 26.4 Å². The summed E-state index contributed by atoms with van der Waals surface area (Å²) in [5, 5.41) is 5.22. The number of carbonyl (C=O) groups excluding carboxylic acids is 1. The fourth-order valence-corrected chi connectivity index (χ4v) is 4.71. The van der Waals surface area contributed by atoms with Crippen LogP contribution in [-0.4, -0.2) is 53.1 Å². The van der Waals surface area contributed by atoms with E-state index in [1.807, 2.05) is 21.9 Å². The second-order valence-electron chi connectivity index (χ2n) is 7.55. The number of nitrogens with two attached hydrogens (primary N) is 1. The lowest BCUT2D eigenvalue weighted by Crippen LogP contribution is -2.42. The van der Waals surface area contributed by atoms with E-state index < -0.39 is 10.0 Å². The van der Waals surface area contributed by atoms with Crippen molar-refractivity contribution in [2.45, 2.75) is 24.3 Å². The highest BCUT2D eigenvalue weighted by Crippen LogP contribution is 2.34. The van der Waals surface area contributed by atoms with Gasteiger partial charge in [-0.3, -0.25) is 4.79 Å². The van der Waals surface area contributed by atoms with Crippen molar-refractivity contribution in [3.63, 3.8) is 0 Å². The van der Waals surface area contributed by atoms with Crippen LogP contribution in [0.4, 0.5) is 5.69 Å². The number of anilines is 1. The van der Waals surface area contributed by atoms with Gasteiger partial charge in [0, 0.05) is 25.3 Å². The van der Waals surface area contributed by atoms with Crippen LogP contribution in [0.25, 0.3) is 0 Å². The molecule has 9 heteroatoms. The maximum absolute atomic E-state index is 13.0. The number of amides is 1. The molecule has 0 saturated heterocycles. The molecule has 1 amide bonds. The number of sulfonamides is 1. The molecular weight excluding hydrogens is 406 g/mol. The monoisotopic (exact) mass is 431 g/mol. The Bertz CT molecular complexity index is 1100. The maximum atomic E-state index is 13.0. The fraction of sp³-hybridized carbons (Fsp3) is 0.381. The lowest BCUT2D eigenvalue weighted by atomic mass is 9.98. The van der Waals surface area contributed by atoms with Gasteiger partial charge in [0.05, 0.1) is 25.7 Å². The predicted molar refractivity (Wildman–Crippen MR) is 112 cm³/mol. The average Bonchev–Trinajstić information content (AvgIpc) is 3.13. The van der Waals surface area contributed by atoms with Crippen molar-refractivity contribution in [2.75, 3.05) is 38.8 Å². The van der Waals surface area contributed by atoms with E-state index in [4.69, 9.17) is 14.6 Å². The topological polar surface area (TPSA) is 102 Å². The summed E-state index contributed by atoms with van der Waals surface area (Å²) in [7, 11) is -0.521. The summed E-state index contributed by atoms with van der Waals surface area (Å²) >= 11 is 0. The van der Waals surface area contributed by atoms with Crippen molar-refractivity contribution >= 4 is 21.6 Å². The zero-order valence-electron chi connectivity index (χ0n) is 17.1. The summed E-state index contributed by atoms with van der Waals surface area (Å²) in [4.78, 5) is 16.9. The first-order chi connectivity index (χ1) is 14.3. The zero-order chi connectivity index (χ0) is 21.5. The van der Waals surface area contributed by atoms with Crippen LogP contribution in [0.5, 0.6) is 11.5 Å². The number of ether oxygens (including phenoxy) is 2. The summed E-state index contributed by atoms with van der Waals surface area (Å²) in [5.41, 5.74) is 4.01. The van der Waals surface area contributed by atoms with Gasteiger partial charge in [-0.1, -0.05) is 0 Å². The van der Waals surface area contributed by atoms with Crippen LogP contribution in [0.3, 0.4) is 0 Å². The highest BCUT2D eigenvalue weighted by atomic mass is 32.2. The lowest BCUT2D eigenvalue weighted by Gasteiger charge is -2.31. The third kappa shape index (κ3) is 3.82. The van der Waals surface area contributed by atoms with E-state index in [9.17, 15) is 13.2 Å². The quantitative estimate of drug-likeness (QED) is 0.766. The molecule has 160 valence electrons. The van der Waals surface area contributed by atoms with Gasteiger partial charge in [-0.25, -0.2) is 13.6 Å². The number of fused-ring (bicyclic) bond motifs is 2. The Morgan fingerprint density at radius 2 is 1.67 bits per heavy atom. The third-order valence-corrected chi connectivity index (χ3v) is 6.68. The van der Waals surface area contributed by atoms with Gasteiger partial charge in [0.15, 0.2) is 11.5 Å². The van der Waals surface area contributed by atoms with Crippen LogP contribution in [0.1, 0.15) is 16.7 Å². The molecule has 30 heavy (non-hydrogen) atoms. The van der Waals surface area contributed by atoms with Crippen molar-refractivity contribution in [3.05, 3.63) is 47.0 Å². The van der Waals surface area contributed by atoms with Gasteiger partial charge in [0.2, 0.25) is 15.9 Å². The van der Waals surface area contributed by atoms with Crippen molar-refractivity contribution < 1.29 is 22.7 Å². The second-order valence-corrected chi connectivity index (χ2v) is 9.11. The maximum Gasteiger partial charge on any atom is 0.242 e. The number of hydrogen-bond acceptors (Lipinski definition) is 6. The number of benzene rings is 2. The van der Waals surface area contributed by atoms with E-state index in [-0.39, 0.29) is 17.3 Å². The minimum absolute atomic E-state index is 0.0406. The molecule has 2 heterocycles. The van der Waals surface area contributed by atoms with Gasteiger partial charge in [0.25, 0.3) is 0 Å². The van der Waals surface area contributed by atoms with Gasteiger partial charge < -0.3 is 19.3 Å². The highest BCUT2D eigenvalue weighted by Gasteiger charge is 2.27. The SMILES string of the molecule is COc1cc2c(cc1OC)CN(C(=O)CN1CCc3cc(S(N)(=O)=O)ccc31)CC2. The predicted octanol–water partition coefficient (Wildman–Crippen LogP) is 1.30. The molecule has 2 aliphatic rings. The standard InChI is InChI=1S/C21H25N3O5S/c1-28-19-10-14-5-8-24(12-16(14)11-20(19)29-2)21(25)13-23-7-6-15-9-17(30(22,26)27)3-4-18(15)23/h3-4,9-11H,5-8,12-13H2,1-2H3,(H2,22,26,27). The minimum atomic E-state index is -3.73. The number of hydrogen-bond donors (Lipinski definition) is 1. The number of primary sulfonamides is 1. The molecule has 8 nitrogen and oxygen atoms in total. The highest BCUT2D eigenvalue weighted by molar-refractivity contribution is 7.89. The Labute approximate surface area is 176 Å². The molecule has 0 radical (unpaired) electrons. The van der Waals surface area contributed by atoms with Gasteiger partial charge in [-0.15, -0.1) is 0 Å². The molecule has 0 aromatic heterocycles. The first-order valence-electron chi connectivity index (χ1n) is 9.72. The lowest BCUT2D eigenvalue weighted by molar-refractivity contribution is -0.130. The molecule has 4 rings (SSSR count). The van der Waals surface area contributed by atoms with Gasteiger partial charge in [-0.05, 0) is 59.9 Å². The zero-order valence-corrected chi connectivity index (χ0v) is 17.9. The molecule has 0 aliphatic carbocycles. The summed E-state index contributed by atoms with van der Waals surface area (Å²) in [6, 6.07) is 8.75. The summed E-state index contributed by atoms with van der Waals surface area (Å²) in [6.07, 6.45) is 1.45. The van der Waals surface area contributed by atoms with Crippen molar-refractivity contribution in [2.24, 2.45) is 5.14 Å². The van der Waals surface area contributed by atoms with Crippen molar-refractivity contribution in [1.82, 2.24) is 4.90 Å². The van der Waals surface area contributed by atoms with E-state index in [2.05, 4.69) is 0 Å². The van der Waals surface area contributed by atoms with Gasteiger partial charge in [-0.2, -0.15) is 0 Å². The van der Waals surface area contributed by atoms with Gasteiger partial charge >= 0.3 is 0 Å². The molecule has 2 aromatic rings. The largest absolute Gasteiger partial charge is 0.493 e. The van der Waals surface area contributed by atoms with E-state index in [0.717, 1.165) is 23.2 Å². The Morgan fingerprint density at radius 3 is 2.33 bits per heavy atom. The molecule has 0 spiro atoms. The first-order valence-corrected chi connectivity index (χ1v) is 11.3. The summed E-state index contributed by atoms with van der Waals surface area (Å²) < 4.78 is 33.9. The number of carbonyl (C=O) groups is 1. The molecule has 0 fully saturated rings. The average molecular weight is 432 g/mol. The molecule has 2 N–H and O–H groups in total. The van der Waals surface area contributed by atoms with Crippen LogP contribution in [0, 0.1) is 0 Å². The Morgan fingerprint density at radius 1 is 1.00 bits per heavy atom. The van der Waals surface area contributed by atoms with E-state index in [0.29, 0.717) is 37.6 Å². The Balaban J connectivity index is 1.48. The van der Waals surface area contributed by atoms with Crippen LogP contribution in [0.2, 0.25) is 0 Å². The Hall–Kier alpha value is -2.78. The minimum Gasteiger partial charge on any atom is -0.493 e. The number of nitrogens with zero attached hydrogens (tertiary/aromatic N) is 2. The summed E-state index contributed by atoms with van der Waals surface area (Å²) in [6.45, 7) is 2.10. The van der Waals surface area contributed by atoms with Crippen LogP contribution in [-0.2, 0) is 34.2 Å². The second kappa shape index (κ2) is 7.81. The third-order valence-electron chi connectivity index (χ3n) is 5.77. The molecular formula is C21H25N3O5S. The smallest absolute Gasteiger partial charge is 0.242 e. The molecule has 2 aliphatic heterocycles. The molecule has 0 unspecified atom stereocenters. The van der Waals surface area contributed by atoms with E-state index in [1.165, 1.54) is 11.6 Å². The first kappa shape index (κ1) is 20.5. The molecule has 0 saturated carbocycles. The number of methoxy groups -OCH3 is 2. The normalized spacial score (nSPS) is 15.6. The Kier molecular flexibility index (Phi) is 5.33. The fourth-order valence-electron chi connectivity index (χ4n) is 4.15. The van der Waals surface area contributed by atoms with Crippen LogP contribution >= 0.6 is 0 Å². The molecule has 0 atom stereocenters. The van der Waals surface area contributed by atoms with Crippen LogP contribution in [0.15, 0.2) is 35.2 Å². The van der Waals surface area contributed by atoms with E-state index >= 15 is 0 Å². The molecule has 0 bridgehead atoms. The molecule has 2 aromatic carbocycles. The number of rotatable bonds is 5. The van der Waals surface area contributed by atoms with Gasteiger partial charge in [0.1, 0.15) is 0 Å². The van der Waals surface area contributed by atoms with Crippen molar-refractivity contribution in [3.8, 4) is 11.5 Å².